The van der Waals surface area contributed by atoms with Gasteiger partial charge in [-0.3, -0.25) is 4.68 Å². The summed E-state index contributed by atoms with van der Waals surface area (Å²) >= 11 is 0. The van der Waals surface area contributed by atoms with Gasteiger partial charge in [-0.25, -0.2) is 0 Å². The molecule has 0 aliphatic heterocycles. The molecule has 0 aromatic carbocycles. The van der Waals surface area contributed by atoms with Gasteiger partial charge in [-0.15, -0.1) is 0 Å². The van der Waals surface area contributed by atoms with Crippen LogP contribution in [0.15, 0.2) is 6.20 Å². The molecule has 0 spiro atoms. The molecular weight excluding hydrogens is 243 g/mol. The van der Waals surface area contributed by atoms with Crippen molar-refractivity contribution >= 4 is 0 Å². The monoisotopic (exact) mass is 261 g/mol. The first-order valence-corrected chi connectivity index (χ1v) is 6.37. The third-order valence-electron chi connectivity index (χ3n) is 3.07. The molecule has 2 rings (SSSR count). The molecule has 1 aromatic rings. The van der Waals surface area contributed by atoms with Gasteiger partial charge in [0.2, 0.25) is 0 Å². The normalized spacial score (nSPS) is 16.2. The quantitative estimate of drug-likeness (QED) is 0.853. The van der Waals surface area contributed by atoms with Crippen LogP contribution in [0.25, 0.3) is 0 Å². The van der Waals surface area contributed by atoms with Crippen molar-refractivity contribution in [2.24, 2.45) is 0 Å². The van der Waals surface area contributed by atoms with Crippen molar-refractivity contribution in [2.75, 3.05) is 0 Å². The highest BCUT2D eigenvalue weighted by atomic mass is 19.4. The maximum Gasteiger partial charge on any atom is 0.433 e. The summed E-state index contributed by atoms with van der Waals surface area (Å²) in [5.41, 5.74) is -0.338. The third kappa shape index (κ3) is 3.25. The van der Waals surface area contributed by atoms with E-state index in [1.54, 1.807) is 0 Å². The Labute approximate surface area is 104 Å². The first-order chi connectivity index (χ1) is 8.52. The Morgan fingerprint density at radius 2 is 2.17 bits per heavy atom. The number of nitrogens with one attached hydrogen (secondary N) is 1. The van der Waals surface area contributed by atoms with Crippen molar-refractivity contribution < 1.29 is 13.2 Å². The molecule has 1 aliphatic rings. The van der Waals surface area contributed by atoms with Crippen LogP contribution in [0.4, 0.5) is 13.2 Å². The van der Waals surface area contributed by atoms with Crippen molar-refractivity contribution in [3.8, 4) is 0 Å². The van der Waals surface area contributed by atoms with Gasteiger partial charge in [0.25, 0.3) is 0 Å². The van der Waals surface area contributed by atoms with E-state index in [1.807, 2.05) is 6.92 Å². The van der Waals surface area contributed by atoms with Gasteiger partial charge in [0.15, 0.2) is 0 Å². The van der Waals surface area contributed by atoms with E-state index in [0.29, 0.717) is 19.0 Å². The number of unbranched alkanes of at least 4 members (excludes halogenated alkanes) is 1. The molecule has 0 bridgehead atoms. The van der Waals surface area contributed by atoms with E-state index in [-0.39, 0.29) is 12.1 Å². The molecule has 1 aliphatic carbocycles. The summed E-state index contributed by atoms with van der Waals surface area (Å²) in [5.74, 6) is 0. The van der Waals surface area contributed by atoms with E-state index >= 15 is 0 Å². The van der Waals surface area contributed by atoms with Gasteiger partial charge >= 0.3 is 6.18 Å². The number of alkyl halides is 3. The van der Waals surface area contributed by atoms with Crippen LogP contribution in [-0.4, -0.2) is 15.8 Å². The second-order valence-electron chi connectivity index (χ2n) is 4.75. The molecule has 18 heavy (non-hydrogen) atoms. The summed E-state index contributed by atoms with van der Waals surface area (Å²) < 4.78 is 40.2. The Bertz CT molecular complexity index is 394. The summed E-state index contributed by atoms with van der Waals surface area (Å²) in [6.07, 6.45) is 0.697. The number of hydrogen-bond acceptors (Lipinski definition) is 2. The van der Waals surface area contributed by atoms with Crippen LogP contribution in [0, 0.1) is 0 Å². The zero-order chi connectivity index (χ0) is 13.2. The Balaban J connectivity index is 2.13. The smallest absolute Gasteiger partial charge is 0.310 e. The number of hydrogen-bond donors (Lipinski definition) is 1. The zero-order valence-corrected chi connectivity index (χ0v) is 10.4. The van der Waals surface area contributed by atoms with Crippen molar-refractivity contribution in [1.29, 1.82) is 0 Å². The van der Waals surface area contributed by atoms with Crippen LogP contribution in [0.5, 0.6) is 0 Å². The number of aromatic nitrogens is 2. The molecule has 0 saturated heterocycles. The van der Waals surface area contributed by atoms with E-state index in [0.717, 1.165) is 23.9 Å². The molecule has 6 heteroatoms. The van der Waals surface area contributed by atoms with Crippen LogP contribution < -0.4 is 5.32 Å². The molecule has 0 radical (unpaired) electrons. The summed E-state index contributed by atoms with van der Waals surface area (Å²) in [5, 5.41) is 6.98. The van der Waals surface area contributed by atoms with Gasteiger partial charge in [-0.2, -0.15) is 18.3 Å². The second-order valence-corrected chi connectivity index (χ2v) is 4.75. The number of aryl methyl sites for hydroxylation is 1. The highest BCUT2D eigenvalue weighted by Gasteiger charge is 2.38. The summed E-state index contributed by atoms with van der Waals surface area (Å²) in [6.45, 7) is 2.53. The molecule has 1 heterocycles. The lowest BCUT2D eigenvalue weighted by Gasteiger charge is -2.12. The Morgan fingerprint density at radius 1 is 1.44 bits per heavy atom. The largest absolute Gasteiger partial charge is 0.433 e. The van der Waals surface area contributed by atoms with Crippen molar-refractivity contribution in [2.45, 2.75) is 57.9 Å². The van der Waals surface area contributed by atoms with E-state index in [2.05, 4.69) is 10.4 Å². The van der Waals surface area contributed by atoms with E-state index in [9.17, 15) is 13.2 Å². The Hall–Kier alpha value is -1.04. The minimum Gasteiger partial charge on any atom is -0.310 e. The topological polar surface area (TPSA) is 29.9 Å². The molecule has 0 unspecified atom stereocenters. The van der Waals surface area contributed by atoms with Gasteiger partial charge in [0.05, 0.1) is 6.20 Å². The molecule has 1 N–H and O–H groups in total. The van der Waals surface area contributed by atoms with Gasteiger partial charge in [-0.05, 0) is 19.3 Å². The fraction of sp³-hybridized carbons (Fsp3) is 0.750. The van der Waals surface area contributed by atoms with Crippen LogP contribution >= 0.6 is 0 Å². The maximum atomic E-state index is 13.0. The summed E-state index contributed by atoms with van der Waals surface area (Å²) in [4.78, 5) is 0. The molecule has 0 atom stereocenters. The van der Waals surface area contributed by atoms with Gasteiger partial charge in [0, 0.05) is 24.7 Å². The standard InChI is InChI=1S/C12H18F3N3/c1-2-3-6-18-11(12(13,14)15)9(8-17-18)7-16-10-4-5-10/h8,10,16H,2-7H2,1H3. The minimum atomic E-state index is -4.33. The van der Waals surface area contributed by atoms with Crippen LogP contribution in [0.3, 0.4) is 0 Å². The van der Waals surface area contributed by atoms with Crippen LogP contribution in [0.2, 0.25) is 0 Å². The first kappa shape index (κ1) is 13.4. The molecule has 102 valence electrons. The molecule has 3 nitrogen and oxygen atoms in total. The number of nitrogens with zero attached hydrogens (tertiary/aromatic N) is 2. The molecule has 1 fully saturated rings. The molecule has 0 amide bonds. The van der Waals surface area contributed by atoms with Crippen LogP contribution in [0.1, 0.15) is 43.9 Å². The lowest BCUT2D eigenvalue weighted by Crippen LogP contribution is -2.21. The lowest BCUT2D eigenvalue weighted by molar-refractivity contribution is -0.144. The van der Waals surface area contributed by atoms with Crippen molar-refractivity contribution in [3.05, 3.63) is 17.5 Å². The second kappa shape index (κ2) is 5.30. The highest BCUT2D eigenvalue weighted by molar-refractivity contribution is 5.21. The highest BCUT2D eigenvalue weighted by Crippen LogP contribution is 2.32. The zero-order valence-electron chi connectivity index (χ0n) is 10.4. The molecule has 1 saturated carbocycles. The van der Waals surface area contributed by atoms with Crippen LogP contribution in [-0.2, 0) is 19.3 Å². The number of rotatable bonds is 6. The van der Waals surface area contributed by atoms with Crippen molar-refractivity contribution in [1.82, 2.24) is 15.1 Å². The minimum absolute atomic E-state index is 0.255. The van der Waals surface area contributed by atoms with E-state index < -0.39 is 11.9 Å². The van der Waals surface area contributed by atoms with E-state index in [1.165, 1.54) is 6.20 Å². The average molecular weight is 261 g/mol. The first-order valence-electron chi connectivity index (χ1n) is 6.37. The van der Waals surface area contributed by atoms with Crippen molar-refractivity contribution in [3.63, 3.8) is 0 Å². The fourth-order valence-electron chi connectivity index (χ4n) is 1.90. The summed E-state index contributed by atoms with van der Waals surface area (Å²) in [7, 11) is 0. The predicted molar refractivity (Wildman–Crippen MR) is 62.0 cm³/mol. The average Bonchev–Trinajstić information content (AvgIpc) is 3.02. The molecular formula is C12H18F3N3. The van der Waals surface area contributed by atoms with Gasteiger partial charge in [0.1, 0.15) is 5.69 Å². The Kier molecular flexibility index (Phi) is 3.94. The van der Waals surface area contributed by atoms with E-state index in [4.69, 9.17) is 0 Å². The SMILES string of the molecule is CCCCn1ncc(CNC2CC2)c1C(F)(F)F. The molecule has 1 aromatic heterocycles. The number of halogens is 3. The van der Waals surface area contributed by atoms with Gasteiger partial charge in [-0.1, -0.05) is 13.3 Å². The fourth-order valence-corrected chi connectivity index (χ4v) is 1.90. The maximum absolute atomic E-state index is 13.0. The predicted octanol–water partition coefficient (Wildman–Crippen LogP) is 2.95. The van der Waals surface area contributed by atoms with Gasteiger partial charge < -0.3 is 5.32 Å². The Morgan fingerprint density at radius 3 is 2.72 bits per heavy atom. The third-order valence-corrected chi connectivity index (χ3v) is 3.07. The lowest BCUT2D eigenvalue weighted by atomic mass is 10.2. The summed E-state index contributed by atoms with van der Waals surface area (Å²) in [6, 6.07) is 0.394.